The molecule has 0 aliphatic heterocycles. The second kappa shape index (κ2) is 5.14. The van der Waals surface area contributed by atoms with Crippen LogP contribution < -0.4 is 4.72 Å². The van der Waals surface area contributed by atoms with Gasteiger partial charge in [-0.3, -0.25) is 9.08 Å². The van der Waals surface area contributed by atoms with Gasteiger partial charge in [-0.25, -0.2) is 18.1 Å². The van der Waals surface area contributed by atoms with Crippen LogP contribution >= 0.6 is 11.6 Å². The molecule has 0 bridgehead atoms. The van der Waals surface area contributed by atoms with Gasteiger partial charge in [-0.2, -0.15) is 5.10 Å². The number of hydrogen-bond donors (Lipinski definition) is 1. The molecule has 21 heavy (non-hydrogen) atoms. The Morgan fingerprint density at radius 2 is 2.10 bits per heavy atom. The lowest BCUT2D eigenvalue weighted by molar-refractivity contribution is 0.574. The van der Waals surface area contributed by atoms with Gasteiger partial charge in [-0.15, -0.1) is 0 Å². The highest BCUT2D eigenvalue weighted by Crippen LogP contribution is 2.22. The van der Waals surface area contributed by atoms with E-state index >= 15 is 0 Å². The number of sulfonamides is 1. The van der Waals surface area contributed by atoms with Crippen molar-refractivity contribution in [2.45, 2.75) is 11.6 Å². The Bertz CT molecular complexity index is 899. The summed E-state index contributed by atoms with van der Waals surface area (Å²) in [7, 11) is -2.03. The second-order valence-electron chi connectivity index (χ2n) is 4.44. The third-order valence-electron chi connectivity index (χ3n) is 2.91. The van der Waals surface area contributed by atoms with Crippen molar-refractivity contribution in [3.8, 4) is 0 Å². The molecule has 0 fully saturated rings. The van der Waals surface area contributed by atoms with E-state index in [4.69, 9.17) is 11.6 Å². The molecule has 3 heterocycles. The summed E-state index contributed by atoms with van der Waals surface area (Å²) in [6, 6.07) is 6.89. The van der Waals surface area contributed by atoms with Crippen molar-refractivity contribution < 1.29 is 8.42 Å². The lowest BCUT2D eigenvalue weighted by Crippen LogP contribution is -2.25. The van der Waals surface area contributed by atoms with Gasteiger partial charge in [0.25, 0.3) is 10.0 Å². The number of aryl methyl sites for hydroxylation is 1. The number of rotatable bonds is 4. The van der Waals surface area contributed by atoms with E-state index in [9.17, 15) is 8.42 Å². The highest BCUT2D eigenvalue weighted by molar-refractivity contribution is 7.89. The normalized spacial score (nSPS) is 12.1. The Balaban J connectivity index is 1.95. The third kappa shape index (κ3) is 2.65. The summed E-state index contributed by atoms with van der Waals surface area (Å²) in [5.41, 5.74) is 1.09. The fourth-order valence-corrected chi connectivity index (χ4v) is 3.62. The molecule has 0 unspecified atom stereocenters. The molecule has 3 aromatic heterocycles. The number of pyridine rings is 1. The minimum Gasteiger partial charge on any atom is -0.288 e. The van der Waals surface area contributed by atoms with Crippen LogP contribution in [-0.4, -0.2) is 27.6 Å². The molecule has 0 atom stereocenters. The molecule has 3 aromatic rings. The summed E-state index contributed by atoms with van der Waals surface area (Å²) in [6.45, 7) is 0.0829. The number of nitrogens with one attached hydrogen (secondary N) is 1. The highest BCUT2D eigenvalue weighted by Gasteiger charge is 2.24. The molecule has 0 aromatic carbocycles. The molecule has 7 nitrogen and oxygen atoms in total. The van der Waals surface area contributed by atoms with Gasteiger partial charge in [0.15, 0.2) is 10.2 Å². The van der Waals surface area contributed by atoms with Crippen LogP contribution in [0.15, 0.2) is 41.7 Å². The number of nitrogens with zero attached hydrogens (tertiary/aromatic N) is 4. The Morgan fingerprint density at radius 3 is 2.81 bits per heavy atom. The van der Waals surface area contributed by atoms with Crippen molar-refractivity contribution >= 4 is 27.3 Å². The van der Waals surface area contributed by atoms with Crippen molar-refractivity contribution in [2.24, 2.45) is 7.05 Å². The Morgan fingerprint density at radius 1 is 1.29 bits per heavy atom. The van der Waals surface area contributed by atoms with Gasteiger partial charge in [0.05, 0.1) is 12.2 Å². The van der Waals surface area contributed by atoms with E-state index in [1.807, 2.05) is 0 Å². The third-order valence-corrected chi connectivity index (χ3v) is 4.71. The van der Waals surface area contributed by atoms with Crippen LogP contribution in [0.2, 0.25) is 5.15 Å². The monoisotopic (exact) mass is 325 g/mol. The maximum atomic E-state index is 12.4. The molecule has 3 rings (SSSR count). The van der Waals surface area contributed by atoms with Gasteiger partial charge in [-0.05, 0) is 18.2 Å². The Labute approximate surface area is 126 Å². The fraction of sp³-hybridized carbons (Fsp3) is 0.167. The smallest absolute Gasteiger partial charge is 0.260 e. The molecule has 0 amide bonds. The standard InChI is InChI=1S/C12H12ClN5O2S/c1-17-7-5-9(16-17)8-14-21(19,20)12-11(13)15-10-4-2-3-6-18(10)12/h2-7,14H,8H2,1H3. The van der Waals surface area contributed by atoms with Crippen molar-refractivity contribution in [3.05, 3.63) is 47.5 Å². The van der Waals surface area contributed by atoms with E-state index in [1.54, 1.807) is 48.4 Å². The first kappa shape index (κ1) is 14.1. The molecule has 0 saturated heterocycles. The summed E-state index contributed by atoms with van der Waals surface area (Å²) >= 11 is 5.97. The molecule has 0 aliphatic rings. The van der Waals surface area contributed by atoms with Gasteiger partial charge in [0, 0.05) is 19.4 Å². The van der Waals surface area contributed by atoms with Gasteiger partial charge in [0.2, 0.25) is 0 Å². The molecule has 0 saturated carbocycles. The average Bonchev–Trinajstić information content (AvgIpc) is 2.99. The first-order valence-corrected chi connectivity index (χ1v) is 7.94. The van der Waals surface area contributed by atoms with Crippen molar-refractivity contribution in [1.82, 2.24) is 23.9 Å². The van der Waals surface area contributed by atoms with Gasteiger partial charge >= 0.3 is 0 Å². The maximum Gasteiger partial charge on any atom is 0.260 e. The average molecular weight is 326 g/mol. The zero-order chi connectivity index (χ0) is 15.0. The van der Waals surface area contributed by atoms with E-state index in [2.05, 4.69) is 14.8 Å². The Hall–Kier alpha value is -1.90. The number of imidazole rings is 1. The van der Waals surface area contributed by atoms with Crippen LogP contribution in [0.3, 0.4) is 0 Å². The first-order chi connectivity index (χ1) is 9.97. The molecule has 9 heteroatoms. The topological polar surface area (TPSA) is 81.3 Å². The molecular formula is C12H12ClN5O2S. The SMILES string of the molecule is Cn1ccc(CNS(=O)(=O)c2c(Cl)nc3ccccn23)n1. The summed E-state index contributed by atoms with van der Waals surface area (Å²) in [4.78, 5) is 4.03. The minimum atomic E-state index is -3.79. The summed E-state index contributed by atoms with van der Waals surface area (Å²) in [6.07, 6.45) is 3.34. The zero-order valence-corrected chi connectivity index (χ0v) is 12.6. The second-order valence-corrected chi connectivity index (χ2v) is 6.48. The predicted molar refractivity (Wildman–Crippen MR) is 77.4 cm³/mol. The lowest BCUT2D eigenvalue weighted by Gasteiger charge is -2.05. The summed E-state index contributed by atoms with van der Waals surface area (Å²) in [5, 5.41) is 3.98. The molecule has 0 aliphatic carbocycles. The van der Waals surface area contributed by atoms with E-state index in [0.717, 1.165) is 0 Å². The molecule has 0 spiro atoms. The maximum absolute atomic E-state index is 12.4. The predicted octanol–water partition coefficient (Wildman–Crippen LogP) is 1.20. The van der Waals surface area contributed by atoms with Crippen molar-refractivity contribution in [3.63, 3.8) is 0 Å². The minimum absolute atomic E-state index is 0.0604. The van der Waals surface area contributed by atoms with Crippen LogP contribution in [0.25, 0.3) is 5.65 Å². The van der Waals surface area contributed by atoms with Gasteiger partial charge in [-0.1, -0.05) is 17.7 Å². The van der Waals surface area contributed by atoms with Crippen LogP contribution in [0.5, 0.6) is 0 Å². The molecular weight excluding hydrogens is 314 g/mol. The summed E-state index contributed by atoms with van der Waals surface area (Å²) < 4.78 is 30.3. The van der Waals surface area contributed by atoms with Gasteiger partial charge < -0.3 is 0 Å². The number of hydrogen-bond acceptors (Lipinski definition) is 4. The first-order valence-electron chi connectivity index (χ1n) is 6.08. The quantitative estimate of drug-likeness (QED) is 0.781. The van der Waals surface area contributed by atoms with Crippen LogP contribution in [-0.2, 0) is 23.6 Å². The van der Waals surface area contributed by atoms with E-state index in [1.165, 1.54) is 4.40 Å². The number of halogens is 1. The lowest BCUT2D eigenvalue weighted by atomic mass is 10.4. The zero-order valence-electron chi connectivity index (χ0n) is 11.1. The number of fused-ring (bicyclic) bond motifs is 1. The van der Waals surface area contributed by atoms with E-state index in [0.29, 0.717) is 11.3 Å². The van der Waals surface area contributed by atoms with Crippen molar-refractivity contribution in [1.29, 1.82) is 0 Å². The van der Waals surface area contributed by atoms with Gasteiger partial charge in [0.1, 0.15) is 5.65 Å². The van der Waals surface area contributed by atoms with E-state index < -0.39 is 10.0 Å². The summed E-state index contributed by atoms with van der Waals surface area (Å²) in [5.74, 6) is 0. The number of aromatic nitrogens is 4. The molecule has 110 valence electrons. The van der Waals surface area contributed by atoms with E-state index in [-0.39, 0.29) is 16.7 Å². The van der Waals surface area contributed by atoms with Crippen LogP contribution in [0, 0.1) is 0 Å². The van der Waals surface area contributed by atoms with Crippen LogP contribution in [0.1, 0.15) is 5.69 Å². The molecule has 0 radical (unpaired) electrons. The largest absolute Gasteiger partial charge is 0.288 e. The molecule has 1 N–H and O–H groups in total. The Kier molecular flexibility index (Phi) is 3.44. The van der Waals surface area contributed by atoms with Crippen molar-refractivity contribution in [2.75, 3.05) is 0 Å². The highest BCUT2D eigenvalue weighted by atomic mass is 35.5. The fourth-order valence-electron chi connectivity index (χ4n) is 1.98. The van der Waals surface area contributed by atoms with Crippen LogP contribution in [0.4, 0.5) is 0 Å².